The number of nitrogens with two attached hydrogens (primary N) is 1. The van der Waals surface area contributed by atoms with Crippen LogP contribution in [0, 0.1) is 0 Å². The maximum absolute atomic E-state index is 5.89. The van der Waals surface area contributed by atoms with E-state index in [1.54, 1.807) is 6.20 Å². The lowest BCUT2D eigenvalue weighted by atomic mass is 10.2. The molecule has 0 atom stereocenters. The van der Waals surface area contributed by atoms with Crippen molar-refractivity contribution < 1.29 is 4.74 Å². The SMILES string of the molecule is Nc1ccc(OCc2ccccc2)c2cnsc12. The maximum atomic E-state index is 5.89. The molecule has 0 aliphatic heterocycles. The molecule has 0 saturated heterocycles. The number of aromatic nitrogens is 1. The molecule has 0 radical (unpaired) electrons. The highest BCUT2D eigenvalue weighted by Gasteiger charge is 2.07. The number of hydrogen-bond donors (Lipinski definition) is 1. The third kappa shape index (κ3) is 2.02. The van der Waals surface area contributed by atoms with E-state index in [1.807, 2.05) is 42.5 Å². The van der Waals surface area contributed by atoms with Gasteiger partial charge in [0.05, 0.1) is 22.0 Å². The monoisotopic (exact) mass is 256 g/mol. The second-order valence-electron chi connectivity index (χ2n) is 4.00. The average molecular weight is 256 g/mol. The molecule has 0 fully saturated rings. The molecule has 90 valence electrons. The zero-order valence-electron chi connectivity index (χ0n) is 9.67. The summed E-state index contributed by atoms with van der Waals surface area (Å²) in [7, 11) is 0. The van der Waals surface area contributed by atoms with Gasteiger partial charge in [0.1, 0.15) is 12.4 Å². The van der Waals surface area contributed by atoms with Gasteiger partial charge >= 0.3 is 0 Å². The predicted octanol–water partition coefficient (Wildman–Crippen LogP) is 3.46. The van der Waals surface area contributed by atoms with Gasteiger partial charge in [0.25, 0.3) is 0 Å². The number of fused-ring (bicyclic) bond motifs is 1. The van der Waals surface area contributed by atoms with Crippen LogP contribution < -0.4 is 10.5 Å². The van der Waals surface area contributed by atoms with Crippen LogP contribution in [0.1, 0.15) is 5.56 Å². The van der Waals surface area contributed by atoms with E-state index in [-0.39, 0.29) is 0 Å². The zero-order valence-corrected chi connectivity index (χ0v) is 10.5. The third-order valence-corrected chi connectivity index (χ3v) is 3.60. The molecule has 0 aliphatic rings. The van der Waals surface area contributed by atoms with E-state index in [2.05, 4.69) is 4.37 Å². The number of rotatable bonds is 3. The van der Waals surface area contributed by atoms with Gasteiger partial charge in [-0.05, 0) is 29.2 Å². The first-order valence-corrected chi connectivity index (χ1v) is 6.41. The van der Waals surface area contributed by atoms with Crippen LogP contribution >= 0.6 is 11.5 Å². The molecular formula is C14H12N2OS. The highest BCUT2D eigenvalue weighted by Crippen LogP contribution is 2.32. The molecule has 3 aromatic rings. The van der Waals surface area contributed by atoms with E-state index in [9.17, 15) is 0 Å². The molecule has 0 saturated carbocycles. The van der Waals surface area contributed by atoms with Crippen molar-refractivity contribution in [2.24, 2.45) is 0 Å². The van der Waals surface area contributed by atoms with E-state index in [0.29, 0.717) is 6.61 Å². The number of hydrogen-bond acceptors (Lipinski definition) is 4. The average Bonchev–Trinajstić information content (AvgIpc) is 2.90. The second kappa shape index (κ2) is 4.66. The van der Waals surface area contributed by atoms with E-state index < -0.39 is 0 Å². The van der Waals surface area contributed by atoms with Crippen LogP contribution in [-0.2, 0) is 6.61 Å². The van der Waals surface area contributed by atoms with Crippen LogP contribution in [0.3, 0.4) is 0 Å². The summed E-state index contributed by atoms with van der Waals surface area (Å²) in [5.74, 6) is 0.830. The topological polar surface area (TPSA) is 48.1 Å². The molecule has 3 nitrogen and oxygen atoms in total. The first-order valence-electron chi connectivity index (χ1n) is 5.64. The minimum Gasteiger partial charge on any atom is -0.488 e. The maximum Gasteiger partial charge on any atom is 0.130 e. The smallest absolute Gasteiger partial charge is 0.130 e. The molecule has 2 N–H and O–H groups in total. The Morgan fingerprint density at radius 3 is 2.78 bits per heavy atom. The Morgan fingerprint density at radius 2 is 1.94 bits per heavy atom. The lowest BCUT2D eigenvalue weighted by Crippen LogP contribution is -1.96. The summed E-state index contributed by atoms with van der Waals surface area (Å²) in [5.41, 5.74) is 7.79. The highest BCUT2D eigenvalue weighted by molar-refractivity contribution is 7.14. The van der Waals surface area contributed by atoms with Crippen LogP contribution in [0.4, 0.5) is 5.69 Å². The summed E-state index contributed by atoms with van der Waals surface area (Å²) in [6, 6.07) is 13.8. The van der Waals surface area contributed by atoms with Gasteiger partial charge in [-0.25, -0.2) is 0 Å². The Hall–Kier alpha value is -2.07. The fraction of sp³-hybridized carbons (Fsp3) is 0.0714. The van der Waals surface area contributed by atoms with Gasteiger partial charge < -0.3 is 10.5 Å². The van der Waals surface area contributed by atoms with Crippen LogP contribution in [0.15, 0.2) is 48.7 Å². The number of nitrogen functional groups attached to an aromatic ring is 1. The van der Waals surface area contributed by atoms with E-state index >= 15 is 0 Å². The van der Waals surface area contributed by atoms with E-state index in [0.717, 1.165) is 27.1 Å². The van der Waals surface area contributed by atoms with Gasteiger partial charge in [-0.2, -0.15) is 4.37 Å². The van der Waals surface area contributed by atoms with E-state index in [1.165, 1.54) is 11.5 Å². The molecule has 0 aliphatic carbocycles. The van der Waals surface area contributed by atoms with Crippen molar-refractivity contribution in [3.05, 3.63) is 54.2 Å². The molecule has 0 bridgehead atoms. The van der Waals surface area contributed by atoms with Crippen LogP contribution in [0.2, 0.25) is 0 Å². The van der Waals surface area contributed by atoms with Gasteiger partial charge in [-0.15, -0.1) is 0 Å². The summed E-state index contributed by atoms with van der Waals surface area (Å²) >= 11 is 1.39. The number of benzene rings is 2. The van der Waals surface area contributed by atoms with Crippen LogP contribution in [0.5, 0.6) is 5.75 Å². The molecular weight excluding hydrogens is 244 g/mol. The van der Waals surface area contributed by atoms with Crippen LogP contribution in [0.25, 0.3) is 10.1 Å². The molecule has 2 aromatic carbocycles. The first-order chi connectivity index (χ1) is 8.84. The number of nitrogens with zero attached hydrogens (tertiary/aromatic N) is 1. The largest absolute Gasteiger partial charge is 0.488 e. The van der Waals surface area contributed by atoms with Crippen molar-refractivity contribution in [1.82, 2.24) is 4.37 Å². The van der Waals surface area contributed by atoms with Gasteiger partial charge in [0.2, 0.25) is 0 Å². The van der Waals surface area contributed by atoms with Gasteiger partial charge in [0.15, 0.2) is 0 Å². The van der Waals surface area contributed by atoms with Crippen molar-refractivity contribution in [1.29, 1.82) is 0 Å². The van der Waals surface area contributed by atoms with Crippen molar-refractivity contribution in [2.45, 2.75) is 6.61 Å². The van der Waals surface area contributed by atoms with Crippen molar-refractivity contribution in [3.8, 4) is 5.75 Å². The Morgan fingerprint density at radius 1 is 1.11 bits per heavy atom. The molecule has 0 spiro atoms. The van der Waals surface area contributed by atoms with Gasteiger partial charge in [-0.1, -0.05) is 30.3 Å². The van der Waals surface area contributed by atoms with Gasteiger partial charge in [-0.3, -0.25) is 0 Å². The minimum atomic E-state index is 0.551. The Balaban J connectivity index is 1.87. The summed E-state index contributed by atoms with van der Waals surface area (Å²) in [5, 5.41) is 0.982. The van der Waals surface area contributed by atoms with Gasteiger partial charge in [0, 0.05) is 0 Å². The molecule has 18 heavy (non-hydrogen) atoms. The number of anilines is 1. The van der Waals surface area contributed by atoms with E-state index in [4.69, 9.17) is 10.5 Å². The predicted molar refractivity (Wildman–Crippen MR) is 74.8 cm³/mol. The first kappa shape index (κ1) is 11.0. The molecule has 0 amide bonds. The molecule has 3 rings (SSSR count). The lowest BCUT2D eigenvalue weighted by molar-refractivity contribution is 0.310. The van der Waals surface area contributed by atoms with Crippen molar-refractivity contribution >= 4 is 27.3 Å². The van der Waals surface area contributed by atoms with Crippen molar-refractivity contribution in [2.75, 3.05) is 5.73 Å². The molecule has 1 aromatic heterocycles. The highest BCUT2D eigenvalue weighted by atomic mass is 32.1. The molecule has 4 heteroatoms. The standard InChI is InChI=1S/C14H12N2OS/c15-12-6-7-13(11-8-16-18-14(11)12)17-9-10-4-2-1-3-5-10/h1-8H,9,15H2. The molecule has 0 unspecified atom stereocenters. The fourth-order valence-electron chi connectivity index (χ4n) is 1.82. The zero-order chi connectivity index (χ0) is 12.4. The Kier molecular flexibility index (Phi) is 2.86. The number of ether oxygens (including phenoxy) is 1. The lowest BCUT2D eigenvalue weighted by Gasteiger charge is -2.08. The normalized spacial score (nSPS) is 10.7. The minimum absolute atomic E-state index is 0.551. The summed E-state index contributed by atoms with van der Waals surface area (Å²) < 4.78 is 11.0. The second-order valence-corrected chi connectivity index (χ2v) is 4.80. The summed E-state index contributed by atoms with van der Waals surface area (Å²) in [4.78, 5) is 0. The third-order valence-electron chi connectivity index (χ3n) is 2.75. The fourth-order valence-corrected chi connectivity index (χ4v) is 2.50. The van der Waals surface area contributed by atoms with Crippen molar-refractivity contribution in [3.63, 3.8) is 0 Å². The Labute approximate surface area is 109 Å². The summed E-state index contributed by atoms with van der Waals surface area (Å²) in [6.07, 6.45) is 1.80. The quantitative estimate of drug-likeness (QED) is 0.730. The molecule has 1 heterocycles. The Bertz CT molecular complexity index is 664. The van der Waals surface area contributed by atoms with Crippen LogP contribution in [-0.4, -0.2) is 4.37 Å². The summed E-state index contributed by atoms with van der Waals surface area (Å²) in [6.45, 7) is 0.551.